The summed E-state index contributed by atoms with van der Waals surface area (Å²) in [5, 5.41) is 4.95. The van der Waals surface area contributed by atoms with Gasteiger partial charge in [0.1, 0.15) is 18.4 Å². The van der Waals surface area contributed by atoms with Crippen molar-refractivity contribution in [2.45, 2.75) is 23.5 Å². The molecule has 1 saturated heterocycles. The number of alkyl halides is 3. The monoisotopic (exact) mass is 324 g/mol. The maximum atomic E-state index is 12.5. The molecule has 118 valence electrons. The van der Waals surface area contributed by atoms with Crippen molar-refractivity contribution in [3.63, 3.8) is 0 Å². The van der Waals surface area contributed by atoms with E-state index in [2.05, 4.69) is 0 Å². The van der Waals surface area contributed by atoms with Crippen LogP contribution >= 0.6 is 0 Å². The van der Waals surface area contributed by atoms with E-state index in [-0.39, 0.29) is 24.5 Å². The summed E-state index contributed by atoms with van der Waals surface area (Å²) < 4.78 is 64.9. The smallest absolute Gasteiger partial charge is 0.404 e. The number of benzene rings is 1. The first-order valence-electron chi connectivity index (χ1n) is 6.24. The lowest BCUT2D eigenvalue weighted by molar-refractivity contribution is -0.210. The first-order valence-corrected chi connectivity index (χ1v) is 7.79. The lowest BCUT2D eigenvalue weighted by Crippen LogP contribution is -2.56. The molecular weight excluding hydrogens is 309 g/mol. The highest BCUT2D eigenvalue weighted by Crippen LogP contribution is 2.33. The van der Waals surface area contributed by atoms with Crippen LogP contribution in [0.15, 0.2) is 29.2 Å². The van der Waals surface area contributed by atoms with Crippen molar-refractivity contribution in [1.82, 2.24) is 4.90 Å². The second-order valence-electron chi connectivity index (χ2n) is 4.75. The highest BCUT2D eigenvalue weighted by Gasteiger charge is 2.48. The van der Waals surface area contributed by atoms with Crippen molar-refractivity contribution in [1.29, 1.82) is 0 Å². The van der Waals surface area contributed by atoms with Crippen molar-refractivity contribution < 1.29 is 26.3 Å². The van der Waals surface area contributed by atoms with E-state index in [1.807, 2.05) is 0 Å². The molecule has 1 aliphatic heterocycles. The molecule has 2 rings (SSSR count). The molecule has 9 heteroatoms. The molecule has 1 aromatic rings. The van der Waals surface area contributed by atoms with Crippen molar-refractivity contribution in [3.05, 3.63) is 24.3 Å². The van der Waals surface area contributed by atoms with Crippen molar-refractivity contribution in [2.24, 2.45) is 5.14 Å². The van der Waals surface area contributed by atoms with Crippen LogP contribution in [-0.4, -0.2) is 45.2 Å². The van der Waals surface area contributed by atoms with Crippen LogP contribution < -0.4 is 9.88 Å². The third kappa shape index (κ3) is 4.08. The molecule has 1 heterocycles. The summed E-state index contributed by atoms with van der Waals surface area (Å²) in [5.74, 6) is 0.381. The number of rotatable bonds is 5. The van der Waals surface area contributed by atoms with Gasteiger partial charge in [0, 0.05) is 13.1 Å². The zero-order chi connectivity index (χ0) is 15.7. The molecule has 0 radical (unpaired) electrons. The fourth-order valence-electron chi connectivity index (χ4n) is 2.09. The predicted molar refractivity (Wildman–Crippen MR) is 69.3 cm³/mol. The summed E-state index contributed by atoms with van der Waals surface area (Å²) in [5.41, 5.74) is 0. The van der Waals surface area contributed by atoms with E-state index >= 15 is 0 Å². The molecule has 0 amide bonds. The summed E-state index contributed by atoms with van der Waals surface area (Å²) in [4.78, 5) is 1.26. The molecule has 0 unspecified atom stereocenters. The number of likely N-dealkylation sites (tertiary alicyclic amines) is 1. The molecule has 0 aliphatic carbocycles. The molecule has 1 fully saturated rings. The Labute approximate surface area is 120 Å². The zero-order valence-electron chi connectivity index (χ0n) is 11.0. The molecule has 21 heavy (non-hydrogen) atoms. The van der Waals surface area contributed by atoms with Gasteiger partial charge in [-0.25, -0.2) is 13.6 Å². The quantitative estimate of drug-likeness (QED) is 0.887. The Morgan fingerprint density at radius 3 is 2.33 bits per heavy atom. The van der Waals surface area contributed by atoms with Gasteiger partial charge in [0.2, 0.25) is 10.0 Å². The highest BCUT2D eigenvalue weighted by molar-refractivity contribution is 7.89. The maximum absolute atomic E-state index is 12.5. The number of nitrogens with zero attached hydrogens (tertiary/aromatic N) is 1. The normalized spacial score (nSPS) is 20.1. The average Bonchev–Trinajstić information content (AvgIpc) is 2.30. The molecule has 1 aliphatic rings. The number of hydrogen-bond donors (Lipinski definition) is 1. The number of sulfonamides is 1. The second kappa shape index (κ2) is 5.82. The Kier molecular flexibility index (Phi) is 4.45. The number of nitrogens with two attached hydrogens (primary N) is 1. The summed E-state index contributed by atoms with van der Waals surface area (Å²) in [7, 11) is -3.76. The Morgan fingerprint density at radius 1 is 1.29 bits per heavy atom. The first kappa shape index (κ1) is 16.1. The first-order chi connectivity index (χ1) is 9.68. The number of hydrogen-bond acceptors (Lipinski definition) is 4. The molecular formula is C12H15F3N2O3S. The van der Waals surface area contributed by atoms with Crippen molar-refractivity contribution >= 4 is 10.0 Å². The molecule has 0 saturated carbocycles. The van der Waals surface area contributed by atoms with Gasteiger partial charge in [0.15, 0.2) is 0 Å². The Morgan fingerprint density at radius 2 is 1.90 bits per heavy atom. The van der Waals surface area contributed by atoms with E-state index in [0.717, 1.165) is 0 Å². The Balaban J connectivity index is 1.82. The largest absolute Gasteiger partial charge is 0.492 e. The molecule has 0 spiro atoms. The fraction of sp³-hybridized carbons (Fsp3) is 0.500. The summed E-state index contributed by atoms with van der Waals surface area (Å²) in [6.07, 6.45) is -4.08. The number of primary sulfonamides is 1. The predicted octanol–water partition coefficient (Wildman–Crippen LogP) is 1.35. The lowest BCUT2D eigenvalue weighted by Gasteiger charge is -2.41. The molecule has 1 aromatic carbocycles. The van der Waals surface area contributed by atoms with Gasteiger partial charge in [-0.2, -0.15) is 13.2 Å². The van der Waals surface area contributed by atoms with E-state index in [0.29, 0.717) is 12.3 Å². The van der Waals surface area contributed by atoms with Crippen molar-refractivity contribution in [3.8, 4) is 5.75 Å². The van der Waals surface area contributed by atoms with Gasteiger partial charge >= 0.3 is 6.18 Å². The maximum Gasteiger partial charge on any atom is 0.404 e. The van der Waals surface area contributed by atoms with Gasteiger partial charge in [-0.15, -0.1) is 0 Å². The average molecular weight is 324 g/mol. The van der Waals surface area contributed by atoms with E-state index in [4.69, 9.17) is 9.88 Å². The minimum atomic E-state index is -4.20. The van der Waals surface area contributed by atoms with E-state index in [1.165, 1.54) is 29.2 Å². The molecule has 2 N–H and O–H groups in total. The lowest BCUT2D eigenvalue weighted by atomic mass is 10.0. The summed E-state index contributed by atoms with van der Waals surface area (Å²) >= 11 is 0. The topological polar surface area (TPSA) is 72.6 Å². The minimum Gasteiger partial charge on any atom is -0.492 e. The van der Waals surface area contributed by atoms with Crippen LogP contribution in [0.25, 0.3) is 0 Å². The Hall–Kier alpha value is -1.32. The molecule has 0 aromatic heterocycles. The number of ether oxygens (including phenoxy) is 1. The van der Waals surface area contributed by atoms with Crippen LogP contribution in [0.2, 0.25) is 0 Å². The highest BCUT2D eigenvalue weighted by atomic mass is 32.2. The van der Waals surface area contributed by atoms with Crippen LogP contribution in [0.1, 0.15) is 6.42 Å². The molecule has 0 bridgehead atoms. The summed E-state index contributed by atoms with van der Waals surface area (Å²) in [6.45, 7) is 0.667. The van der Waals surface area contributed by atoms with Crippen LogP contribution in [0.4, 0.5) is 13.2 Å². The van der Waals surface area contributed by atoms with Gasteiger partial charge in [-0.1, -0.05) is 0 Å². The SMILES string of the molecule is NS(=O)(=O)c1ccc(OCCN2CC[C@@H]2C(F)(F)F)cc1. The zero-order valence-corrected chi connectivity index (χ0v) is 11.8. The van der Waals surface area contributed by atoms with Gasteiger partial charge < -0.3 is 4.74 Å². The van der Waals surface area contributed by atoms with Crippen molar-refractivity contribution in [2.75, 3.05) is 19.7 Å². The third-order valence-corrected chi connectivity index (χ3v) is 4.24. The Bertz CT molecular complexity index is 587. The van der Waals surface area contributed by atoms with Gasteiger partial charge in [0.05, 0.1) is 4.90 Å². The van der Waals surface area contributed by atoms with Crippen LogP contribution in [0.5, 0.6) is 5.75 Å². The van der Waals surface area contributed by atoms with Crippen LogP contribution in [0.3, 0.4) is 0 Å². The minimum absolute atomic E-state index is 0.0465. The molecule has 1 atom stereocenters. The van der Waals surface area contributed by atoms with Gasteiger partial charge in [-0.3, -0.25) is 4.90 Å². The second-order valence-corrected chi connectivity index (χ2v) is 6.31. The van der Waals surface area contributed by atoms with E-state index in [9.17, 15) is 21.6 Å². The van der Waals surface area contributed by atoms with Gasteiger partial charge in [0.25, 0.3) is 0 Å². The van der Waals surface area contributed by atoms with Gasteiger partial charge in [-0.05, 0) is 30.7 Å². The molecule has 5 nitrogen and oxygen atoms in total. The summed E-state index contributed by atoms with van der Waals surface area (Å²) in [6, 6.07) is 4.01. The van der Waals surface area contributed by atoms with Crippen LogP contribution in [-0.2, 0) is 10.0 Å². The van der Waals surface area contributed by atoms with Crippen LogP contribution in [0, 0.1) is 0 Å². The van der Waals surface area contributed by atoms with E-state index in [1.54, 1.807) is 0 Å². The van der Waals surface area contributed by atoms with E-state index < -0.39 is 22.2 Å². The third-order valence-electron chi connectivity index (χ3n) is 3.31. The number of halogens is 3. The standard InChI is InChI=1S/C12H15F3N2O3S/c13-12(14,15)11-5-6-17(11)7-8-20-9-1-3-10(4-2-9)21(16,18)19/h1-4,11H,5-8H2,(H2,16,18,19)/t11-/m1/s1. The fourth-order valence-corrected chi connectivity index (χ4v) is 2.60.